The zero-order valence-electron chi connectivity index (χ0n) is 12.3. The molecule has 21 heavy (non-hydrogen) atoms. The molecule has 0 radical (unpaired) electrons. The van der Waals surface area contributed by atoms with E-state index in [1.807, 2.05) is 30.3 Å². The molecular formula is C17H20BrNO2. The molecule has 3 nitrogen and oxygen atoms in total. The molecule has 0 heterocycles. The minimum Gasteiger partial charge on any atom is -0.491 e. The highest BCUT2D eigenvalue weighted by molar-refractivity contribution is 9.10. The van der Waals surface area contributed by atoms with Crippen LogP contribution in [0.25, 0.3) is 0 Å². The van der Waals surface area contributed by atoms with E-state index in [9.17, 15) is 0 Å². The maximum absolute atomic E-state index is 6.45. The molecule has 0 aliphatic heterocycles. The fraction of sp³-hybridized carbons (Fsp3) is 0.294. The molecule has 2 aromatic carbocycles. The van der Waals surface area contributed by atoms with Gasteiger partial charge < -0.3 is 15.2 Å². The number of methoxy groups -OCH3 is 1. The SMILES string of the molecule is COCCOc1ccccc1C(N)c1cc(C)ccc1Br. The van der Waals surface area contributed by atoms with Crippen LogP contribution in [0.5, 0.6) is 5.75 Å². The van der Waals surface area contributed by atoms with Crippen LogP contribution in [0.15, 0.2) is 46.9 Å². The molecule has 0 amide bonds. The van der Waals surface area contributed by atoms with Crippen molar-refractivity contribution in [2.45, 2.75) is 13.0 Å². The van der Waals surface area contributed by atoms with Gasteiger partial charge in [0.25, 0.3) is 0 Å². The number of ether oxygens (including phenoxy) is 2. The Morgan fingerprint density at radius 1 is 1.10 bits per heavy atom. The Morgan fingerprint density at radius 2 is 1.86 bits per heavy atom. The topological polar surface area (TPSA) is 44.5 Å². The third-order valence-corrected chi connectivity index (χ3v) is 4.01. The third-order valence-electron chi connectivity index (χ3n) is 3.29. The van der Waals surface area contributed by atoms with Crippen LogP contribution in [0.2, 0.25) is 0 Å². The van der Waals surface area contributed by atoms with E-state index in [1.54, 1.807) is 7.11 Å². The van der Waals surface area contributed by atoms with Gasteiger partial charge in [0, 0.05) is 17.1 Å². The summed E-state index contributed by atoms with van der Waals surface area (Å²) in [5, 5.41) is 0. The van der Waals surface area contributed by atoms with Gasteiger partial charge in [0.05, 0.1) is 12.6 Å². The molecule has 0 saturated heterocycles. The Hall–Kier alpha value is -1.36. The van der Waals surface area contributed by atoms with Crippen LogP contribution in [-0.2, 0) is 4.74 Å². The second-order valence-corrected chi connectivity index (χ2v) is 5.74. The van der Waals surface area contributed by atoms with Crippen molar-refractivity contribution in [1.82, 2.24) is 0 Å². The number of para-hydroxylation sites is 1. The van der Waals surface area contributed by atoms with Crippen LogP contribution in [0.3, 0.4) is 0 Å². The van der Waals surface area contributed by atoms with E-state index in [-0.39, 0.29) is 6.04 Å². The number of rotatable bonds is 6. The van der Waals surface area contributed by atoms with Gasteiger partial charge in [0.2, 0.25) is 0 Å². The van der Waals surface area contributed by atoms with Crippen LogP contribution in [0.1, 0.15) is 22.7 Å². The molecule has 1 atom stereocenters. The summed E-state index contributed by atoms with van der Waals surface area (Å²) in [5.74, 6) is 0.801. The highest BCUT2D eigenvalue weighted by Crippen LogP contribution is 2.32. The third kappa shape index (κ3) is 4.06. The Bertz CT molecular complexity index is 601. The van der Waals surface area contributed by atoms with Gasteiger partial charge in [-0.05, 0) is 24.6 Å². The van der Waals surface area contributed by atoms with Gasteiger partial charge in [-0.2, -0.15) is 0 Å². The Balaban J connectivity index is 2.30. The van der Waals surface area contributed by atoms with Gasteiger partial charge in [-0.25, -0.2) is 0 Å². The molecule has 1 unspecified atom stereocenters. The first kappa shape index (κ1) is 16.0. The molecule has 0 aliphatic rings. The van der Waals surface area contributed by atoms with Gasteiger partial charge in [0.1, 0.15) is 12.4 Å². The van der Waals surface area contributed by atoms with Crippen LogP contribution < -0.4 is 10.5 Å². The second kappa shape index (κ2) is 7.59. The van der Waals surface area contributed by atoms with Crippen LogP contribution in [-0.4, -0.2) is 20.3 Å². The average molecular weight is 350 g/mol. The molecule has 2 aromatic rings. The number of hydrogen-bond acceptors (Lipinski definition) is 3. The number of nitrogens with two attached hydrogens (primary N) is 1. The van der Waals surface area contributed by atoms with Gasteiger partial charge in [-0.15, -0.1) is 0 Å². The van der Waals surface area contributed by atoms with E-state index in [4.69, 9.17) is 15.2 Å². The monoisotopic (exact) mass is 349 g/mol. The number of benzene rings is 2. The van der Waals surface area contributed by atoms with E-state index >= 15 is 0 Å². The van der Waals surface area contributed by atoms with Crippen molar-refractivity contribution < 1.29 is 9.47 Å². The standard InChI is InChI=1S/C17H20BrNO2/c1-12-7-8-15(18)14(11-12)17(19)13-5-3-4-6-16(13)21-10-9-20-2/h3-8,11,17H,9-10,19H2,1-2H3. The minimum absolute atomic E-state index is 0.238. The number of halogens is 1. The summed E-state index contributed by atoms with van der Waals surface area (Å²) in [4.78, 5) is 0. The summed E-state index contributed by atoms with van der Waals surface area (Å²) in [6, 6.07) is 13.8. The Morgan fingerprint density at radius 3 is 2.62 bits per heavy atom. The fourth-order valence-electron chi connectivity index (χ4n) is 2.17. The van der Waals surface area contributed by atoms with Gasteiger partial charge in [-0.1, -0.05) is 51.8 Å². The number of hydrogen-bond donors (Lipinski definition) is 1. The van der Waals surface area contributed by atoms with E-state index in [0.717, 1.165) is 21.3 Å². The first-order valence-corrected chi connectivity index (χ1v) is 7.65. The molecule has 112 valence electrons. The van der Waals surface area contributed by atoms with Crippen LogP contribution >= 0.6 is 15.9 Å². The lowest BCUT2D eigenvalue weighted by Crippen LogP contribution is -2.15. The summed E-state index contributed by atoms with van der Waals surface area (Å²) < 4.78 is 11.8. The zero-order valence-corrected chi connectivity index (χ0v) is 13.9. The smallest absolute Gasteiger partial charge is 0.124 e. The van der Waals surface area contributed by atoms with Crippen LogP contribution in [0.4, 0.5) is 0 Å². The first-order chi connectivity index (χ1) is 10.1. The predicted octanol–water partition coefficient (Wildman–Crippen LogP) is 3.83. The fourth-order valence-corrected chi connectivity index (χ4v) is 2.67. The highest BCUT2D eigenvalue weighted by atomic mass is 79.9. The summed E-state index contributed by atoms with van der Waals surface area (Å²) in [6.07, 6.45) is 0. The van der Waals surface area contributed by atoms with Crippen molar-refractivity contribution in [3.05, 3.63) is 63.6 Å². The quantitative estimate of drug-likeness (QED) is 0.806. The predicted molar refractivity (Wildman–Crippen MR) is 88.7 cm³/mol. The lowest BCUT2D eigenvalue weighted by atomic mass is 9.97. The summed E-state index contributed by atoms with van der Waals surface area (Å²) >= 11 is 3.58. The van der Waals surface area contributed by atoms with Crippen molar-refractivity contribution in [3.8, 4) is 5.75 Å². The summed E-state index contributed by atoms with van der Waals surface area (Å²) in [7, 11) is 1.66. The maximum atomic E-state index is 6.45. The van der Waals surface area contributed by atoms with E-state index in [0.29, 0.717) is 13.2 Å². The molecule has 0 aliphatic carbocycles. The van der Waals surface area contributed by atoms with Gasteiger partial charge in [-0.3, -0.25) is 0 Å². The molecule has 4 heteroatoms. The molecule has 0 spiro atoms. The summed E-state index contributed by atoms with van der Waals surface area (Å²) in [5.41, 5.74) is 9.66. The maximum Gasteiger partial charge on any atom is 0.124 e. The van der Waals surface area contributed by atoms with Crippen LogP contribution in [0, 0.1) is 6.92 Å². The first-order valence-electron chi connectivity index (χ1n) is 6.85. The Labute approximate surface area is 134 Å². The second-order valence-electron chi connectivity index (χ2n) is 4.88. The summed E-state index contributed by atoms with van der Waals surface area (Å²) in [6.45, 7) is 3.12. The largest absolute Gasteiger partial charge is 0.491 e. The number of aryl methyl sites for hydroxylation is 1. The molecule has 0 fully saturated rings. The molecule has 2 rings (SSSR count). The van der Waals surface area contributed by atoms with Gasteiger partial charge in [0.15, 0.2) is 0 Å². The molecule has 0 bridgehead atoms. The van der Waals surface area contributed by atoms with Gasteiger partial charge >= 0.3 is 0 Å². The molecule has 0 aromatic heterocycles. The Kier molecular flexibility index (Phi) is 5.79. The zero-order chi connectivity index (χ0) is 15.2. The minimum atomic E-state index is -0.238. The van der Waals surface area contributed by atoms with E-state index in [2.05, 4.69) is 35.0 Å². The van der Waals surface area contributed by atoms with Crippen molar-refractivity contribution in [3.63, 3.8) is 0 Å². The average Bonchev–Trinajstić information content (AvgIpc) is 2.50. The van der Waals surface area contributed by atoms with Crippen molar-refractivity contribution in [1.29, 1.82) is 0 Å². The lowest BCUT2D eigenvalue weighted by molar-refractivity contribution is 0.145. The van der Waals surface area contributed by atoms with Crippen molar-refractivity contribution >= 4 is 15.9 Å². The van der Waals surface area contributed by atoms with Crippen molar-refractivity contribution in [2.75, 3.05) is 20.3 Å². The van der Waals surface area contributed by atoms with Crippen molar-refractivity contribution in [2.24, 2.45) is 5.73 Å². The molecular weight excluding hydrogens is 330 g/mol. The van der Waals surface area contributed by atoms with E-state index in [1.165, 1.54) is 5.56 Å². The highest BCUT2D eigenvalue weighted by Gasteiger charge is 2.16. The molecule has 0 saturated carbocycles. The molecule has 2 N–H and O–H groups in total. The lowest BCUT2D eigenvalue weighted by Gasteiger charge is -2.19. The normalized spacial score (nSPS) is 12.2. The van der Waals surface area contributed by atoms with E-state index < -0.39 is 0 Å².